The van der Waals surface area contributed by atoms with Crippen molar-refractivity contribution in [1.29, 1.82) is 0 Å². The van der Waals surface area contributed by atoms with Crippen LogP contribution in [0.3, 0.4) is 0 Å². The minimum atomic E-state index is -0.744. The fraction of sp³-hybridized carbons (Fsp3) is 0.500. The second-order valence-electron chi connectivity index (χ2n) is 5.42. The lowest BCUT2D eigenvalue weighted by Crippen LogP contribution is -2.40. The van der Waals surface area contributed by atoms with Crippen molar-refractivity contribution in [3.63, 3.8) is 0 Å². The molecule has 0 aromatic heterocycles. The average Bonchev–Trinajstić information content (AvgIpc) is 2.53. The third-order valence-corrected chi connectivity index (χ3v) is 3.85. The van der Waals surface area contributed by atoms with Gasteiger partial charge in [-0.05, 0) is 37.8 Å². The van der Waals surface area contributed by atoms with Crippen LogP contribution in [0.5, 0.6) is 11.5 Å². The van der Waals surface area contributed by atoms with Crippen molar-refractivity contribution in [2.75, 3.05) is 13.7 Å². The molecule has 1 fully saturated rings. The smallest absolute Gasteiger partial charge is 0.306 e. The first-order chi connectivity index (χ1) is 10.6. The van der Waals surface area contributed by atoms with Crippen molar-refractivity contribution < 1.29 is 24.2 Å². The lowest BCUT2D eigenvalue weighted by molar-refractivity contribution is -0.142. The van der Waals surface area contributed by atoms with Crippen molar-refractivity contribution in [2.24, 2.45) is 5.92 Å². The van der Waals surface area contributed by atoms with Gasteiger partial charge in [0.1, 0.15) is 11.5 Å². The number of carboxylic acid groups (broad SMARTS) is 1. The van der Waals surface area contributed by atoms with Crippen LogP contribution >= 0.6 is 0 Å². The monoisotopic (exact) mass is 307 g/mol. The molecule has 0 unspecified atom stereocenters. The van der Waals surface area contributed by atoms with E-state index in [0.29, 0.717) is 37.2 Å². The molecule has 1 amide bonds. The topological polar surface area (TPSA) is 84.9 Å². The Morgan fingerprint density at radius 1 is 1.23 bits per heavy atom. The van der Waals surface area contributed by atoms with E-state index in [-0.39, 0.29) is 24.5 Å². The van der Waals surface area contributed by atoms with Gasteiger partial charge in [0.15, 0.2) is 6.61 Å². The zero-order valence-electron chi connectivity index (χ0n) is 12.6. The Bertz CT molecular complexity index is 523. The zero-order chi connectivity index (χ0) is 15.9. The minimum Gasteiger partial charge on any atom is -0.497 e. The number of methoxy groups -OCH3 is 1. The van der Waals surface area contributed by atoms with E-state index in [1.807, 2.05) is 0 Å². The summed E-state index contributed by atoms with van der Waals surface area (Å²) in [5, 5.41) is 11.8. The zero-order valence-corrected chi connectivity index (χ0v) is 12.6. The summed E-state index contributed by atoms with van der Waals surface area (Å²) in [6.45, 7) is -0.0635. The van der Waals surface area contributed by atoms with Gasteiger partial charge in [-0.3, -0.25) is 9.59 Å². The van der Waals surface area contributed by atoms with Crippen LogP contribution in [0.1, 0.15) is 25.7 Å². The summed E-state index contributed by atoms with van der Waals surface area (Å²) in [7, 11) is 1.57. The number of aliphatic carboxylic acids is 1. The van der Waals surface area contributed by atoms with E-state index in [1.54, 1.807) is 31.4 Å². The molecule has 2 rings (SSSR count). The fourth-order valence-electron chi connectivity index (χ4n) is 2.59. The van der Waals surface area contributed by atoms with Crippen molar-refractivity contribution in [2.45, 2.75) is 31.7 Å². The van der Waals surface area contributed by atoms with Gasteiger partial charge in [-0.15, -0.1) is 0 Å². The van der Waals surface area contributed by atoms with Crippen molar-refractivity contribution >= 4 is 11.9 Å². The van der Waals surface area contributed by atoms with Crippen LogP contribution in [0, 0.1) is 5.92 Å². The van der Waals surface area contributed by atoms with Gasteiger partial charge in [0, 0.05) is 12.1 Å². The number of carbonyl (C=O) groups is 2. The van der Waals surface area contributed by atoms with E-state index < -0.39 is 5.97 Å². The number of rotatable bonds is 6. The molecule has 1 aliphatic carbocycles. The molecule has 6 nitrogen and oxygen atoms in total. The summed E-state index contributed by atoms with van der Waals surface area (Å²) in [5.74, 6) is 0.0305. The number of carboxylic acids is 1. The number of hydrogen-bond donors (Lipinski definition) is 2. The molecule has 2 N–H and O–H groups in total. The second kappa shape index (κ2) is 7.68. The molecule has 0 saturated heterocycles. The quantitative estimate of drug-likeness (QED) is 0.837. The fourth-order valence-corrected chi connectivity index (χ4v) is 2.59. The van der Waals surface area contributed by atoms with Gasteiger partial charge in [0.25, 0.3) is 5.91 Å². The summed E-state index contributed by atoms with van der Waals surface area (Å²) < 4.78 is 10.5. The van der Waals surface area contributed by atoms with Crippen LogP contribution in [0.4, 0.5) is 0 Å². The van der Waals surface area contributed by atoms with Gasteiger partial charge >= 0.3 is 5.97 Å². The molecule has 1 aromatic rings. The standard InChI is InChI=1S/C16H21NO5/c1-21-13-3-2-4-14(9-13)22-10-15(18)17-12-7-5-11(6-8-12)16(19)20/h2-4,9,11-12H,5-8,10H2,1H3,(H,17,18)(H,19,20). The molecular weight excluding hydrogens is 286 g/mol. The summed E-state index contributed by atoms with van der Waals surface area (Å²) in [5.41, 5.74) is 0. The third-order valence-electron chi connectivity index (χ3n) is 3.85. The predicted octanol–water partition coefficient (Wildman–Crippen LogP) is 1.83. The van der Waals surface area contributed by atoms with E-state index in [2.05, 4.69) is 5.32 Å². The molecule has 22 heavy (non-hydrogen) atoms. The Balaban J connectivity index is 1.73. The van der Waals surface area contributed by atoms with Crippen molar-refractivity contribution in [3.05, 3.63) is 24.3 Å². The molecule has 0 spiro atoms. The van der Waals surface area contributed by atoms with Crippen molar-refractivity contribution in [1.82, 2.24) is 5.32 Å². The Kier molecular flexibility index (Phi) is 5.63. The highest BCUT2D eigenvalue weighted by molar-refractivity contribution is 5.78. The lowest BCUT2D eigenvalue weighted by Gasteiger charge is -2.26. The summed E-state index contributed by atoms with van der Waals surface area (Å²) in [6, 6.07) is 7.10. The Morgan fingerprint density at radius 2 is 1.91 bits per heavy atom. The van der Waals surface area contributed by atoms with E-state index in [4.69, 9.17) is 14.6 Å². The first kappa shape index (κ1) is 16.1. The van der Waals surface area contributed by atoms with E-state index in [9.17, 15) is 9.59 Å². The van der Waals surface area contributed by atoms with Crippen LogP contribution in [-0.4, -0.2) is 36.7 Å². The molecule has 0 heterocycles. The molecule has 0 bridgehead atoms. The molecule has 1 aromatic carbocycles. The highest BCUT2D eigenvalue weighted by Crippen LogP contribution is 2.24. The second-order valence-corrected chi connectivity index (χ2v) is 5.42. The van der Waals surface area contributed by atoms with Gasteiger partial charge in [-0.25, -0.2) is 0 Å². The van der Waals surface area contributed by atoms with Gasteiger partial charge in [-0.1, -0.05) is 6.07 Å². The molecule has 1 saturated carbocycles. The van der Waals surface area contributed by atoms with Crippen LogP contribution in [0.2, 0.25) is 0 Å². The molecule has 0 aliphatic heterocycles. The number of hydrogen-bond acceptors (Lipinski definition) is 4. The molecule has 0 atom stereocenters. The SMILES string of the molecule is COc1cccc(OCC(=O)NC2CCC(C(=O)O)CC2)c1. The molecule has 1 aliphatic rings. The van der Waals surface area contributed by atoms with E-state index in [1.165, 1.54) is 0 Å². The summed E-state index contributed by atoms with van der Waals surface area (Å²) in [6.07, 6.45) is 2.61. The molecule has 120 valence electrons. The lowest BCUT2D eigenvalue weighted by atomic mass is 9.86. The maximum absolute atomic E-state index is 11.9. The van der Waals surface area contributed by atoms with Gasteiger partial charge in [0.05, 0.1) is 13.0 Å². The van der Waals surface area contributed by atoms with Crippen LogP contribution < -0.4 is 14.8 Å². The number of carbonyl (C=O) groups excluding carboxylic acids is 1. The number of nitrogens with one attached hydrogen (secondary N) is 1. The minimum absolute atomic E-state index is 0.0389. The first-order valence-electron chi connectivity index (χ1n) is 7.37. The number of amides is 1. The average molecular weight is 307 g/mol. The van der Waals surface area contributed by atoms with Crippen LogP contribution in [0.15, 0.2) is 24.3 Å². The van der Waals surface area contributed by atoms with E-state index >= 15 is 0 Å². The van der Waals surface area contributed by atoms with Crippen molar-refractivity contribution in [3.8, 4) is 11.5 Å². The Morgan fingerprint density at radius 3 is 2.55 bits per heavy atom. The highest BCUT2D eigenvalue weighted by atomic mass is 16.5. The molecule has 0 radical (unpaired) electrons. The molecular formula is C16H21NO5. The van der Waals surface area contributed by atoms with Gasteiger partial charge < -0.3 is 19.9 Å². The summed E-state index contributed by atoms with van der Waals surface area (Å²) >= 11 is 0. The first-order valence-corrected chi connectivity index (χ1v) is 7.37. The van der Waals surface area contributed by atoms with Gasteiger partial charge in [-0.2, -0.15) is 0 Å². The normalized spacial score (nSPS) is 21.0. The van der Waals surface area contributed by atoms with E-state index in [0.717, 1.165) is 0 Å². The maximum Gasteiger partial charge on any atom is 0.306 e. The van der Waals surface area contributed by atoms with Crippen LogP contribution in [-0.2, 0) is 9.59 Å². The molecule has 6 heteroatoms. The third kappa shape index (κ3) is 4.65. The highest BCUT2D eigenvalue weighted by Gasteiger charge is 2.26. The Labute approximate surface area is 129 Å². The maximum atomic E-state index is 11.9. The number of ether oxygens (including phenoxy) is 2. The number of benzene rings is 1. The predicted molar refractivity (Wildman–Crippen MR) is 80.0 cm³/mol. The summed E-state index contributed by atoms with van der Waals surface area (Å²) in [4.78, 5) is 22.7. The van der Waals surface area contributed by atoms with Crippen LogP contribution in [0.25, 0.3) is 0 Å². The Hall–Kier alpha value is -2.24. The van der Waals surface area contributed by atoms with Gasteiger partial charge in [0.2, 0.25) is 0 Å². The largest absolute Gasteiger partial charge is 0.497 e.